The van der Waals surface area contributed by atoms with Crippen LogP contribution in [0.25, 0.3) is 0 Å². The highest BCUT2D eigenvalue weighted by Crippen LogP contribution is 2.50. The van der Waals surface area contributed by atoms with Crippen molar-refractivity contribution in [1.29, 1.82) is 0 Å². The van der Waals surface area contributed by atoms with E-state index in [1.807, 2.05) is 24.3 Å². The SMILES string of the molecule is COc1ccccc1[C@H]1[C@@H]2CCCC[C@]2(O)CCN1CC(=O)Nc1ccc(Cl)cc1Cl. The largest absolute Gasteiger partial charge is 0.496 e. The third kappa shape index (κ3) is 4.70. The molecule has 7 heteroatoms. The molecule has 0 bridgehead atoms. The molecule has 2 aromatic rings. The number of piperidine rings is 1. The minimum absolute atomic E-state index is 0.0539. The van der Waals surface area contributed by atoms with Crippen LogP contribution >= 0.6 is 23.2 Å². The van der Waals surface area contributed by atoms with Gasteiger partial charge in [0.25, 0.3) is 0 Å². The first-order chi connectivity index (χ1) is 14.9. The fourth-order valence-electron chi connectivity index (χ4n) is 5.21. The van der Waals surface area contributed by atoms with E-state index >= 15 is 0 Å². The summed E-state index contributed by atoms with van der Waals surface area (Å²) < 4.78 is 5.65. The lowest BCUT2D eigenvalue weighted by atomic mass is 9.66. The molecule has 2 N–H and O–H groups in total. The van der Waals surface area contributed by atoms with Gasteiger partial charge in [0.15, 0.2) is 0 Å². The second-order valence-electron chi connectivity index (χ2n) is 8.54. The van der Waals surface area contributed by atoms with Crippen molar-refractivity contribution < 1.29 is 14.6 Å². The number of para-hydroxylation sites is 1. The normalized spacial score (nSPS) is 26.2. The number of benzene rings is 2. The average Bonchev–Trinajstić information content (AvgIpc) is 2.75. The number of hydrogen-bond acceptors (Lipinski definition) is 4. The highest BCUT2D eigenvalue weighted by molar-refractivity contribution is 6.36. The van der Waals surface area contributed by atoms with Crippen molar-refractivity contribution >= 4 is 34.8 Å². The molecule has 0 aromatic heterocycles. The molecule has 1 saturated heterocycles. The maximum absolute atomic E-state index is 13.0. The Morgan fingerprint density at radius 3 is 2.81 bits per heavy atom. The summed E-state index contributed by atoms with van der Waals surface area (Å²) in [4.78, 5) is 15.1. The van der Waals surface area contributed by atoms with Gasteiger partial charge in [-0.25, -0.2) is 0 Å². The van der Waals surface area contributed by atoms with Crippen LogP contribution in [0.3, 0.4) is 0 Å². The first kappa shape index (κ1) is 22.4. The van der Waals surface area contributed by atoms with Crippen LogP contribution in [0.15, 0.2) is 42.5 Å². The number of amides is 1. The van der Waals surface area contributed by atoms with Crippen LogP contribution in [-0.4, -0.2) is 41.7 Å². The number of halogens is 2. The molecule has 2 fully saturated rings. The number of ether oxygens (including phenoxy) is 1. The third-order valence-corrected chi connectivity index (χ3v) is 7.23. The first-order valence-electron chi connectivity index (χ1n) is 10.8. The quantitative estimate of drug-likeness (QED) is 0.631. The van der Waals surface area contributed by atoms with Crippen molar-refractivity contribution in [2.24, 2.45) is 5.92 Å². The molecule has 1 aliphatic heterocycles. The Hall–Kier alpha value is -1.79. The van der Waals surface area contributed by atoms with Gasteiger partial charge < -0.3 is 15.2 Å². The molecular formula is C24H28Cl2N2O3. The van der Waals surface area contributed by atoms with Crippen molar-refractivity contribution in [3.8, 4) is 5.75 Å². The van der Waals surface area contributed by atoms with Crippen LogP contribution in [0.4, 0.5) is 5.69 Å². The number of fused-ring (bicyclic) bond motifs is 1. The molecule has 1 heterocycles. The summed E-state index contributed by atoms with van der Waals surface area (Å²) in [6.07, 6.45) is 4.53. The molecule has 166 valence electrons. The van der Waals surface area contributed by atoms with Crippen LogP contribution in [0.5, 0.6) is 5.75 Å². The number of rotatable bonds is 5. The zero-order valence-electron chi connectivity index (χ0n) is 17.6. The van der Waals surface area contributed by atoms with E-state index in [0.29, 0.717) is 28.7 Å². The minimum Gasteiger partial charge on any atom is -0.496 e. The van der Waals surface area contributed by atoms with E-state index in [2.05, 4.69) is 10.2 Å². The van der Waals surface area contributed by atoms with Gasteiger partial charge in [-0.1, -0.05) is 54.2 Å². The molecular weight excluding hydrogens is 435 g/mol. The fourth-order valence-corrected chi connectivity index (χ4v) is 5.66. The summed E-state index contributed by atoms with van der Waals surface area (Å²) in [5.41, 5.74) is 0.861. The molecule has 5 nitrogen and oxygen atoms in total. The zero-order valence-corrected chi connectivity index (χ0v) is 19.1. The molecule has 2 aromatic carbocycles. The second kappa shape index (κ2) is 9.37. The number of nitrogens with zero attached hydrogens (tertiary/aromatic N) is 1. The predicted octanol–water partition coefficient (Wildman–Crippen LogP) is 5.31. The lowest BCUT2D eigenvalue weighted by molar-refractivity contribution is -0.135. The summed E-state index contributed by atoms with van der Waals surface area (Å²) in [7, 11) is 1.66. The Kier molecular flexibility index (Phi) is 6.77. The van der Waals surface area contributed by atoms with Gasteiger partial charge in [0.2, 0.25) is 5.91 Å². The Morgan fingerprint density at radius 2 is 2.03 bits per heavy atom. The second-order valence-corrected chi connectivity index (χ2v) is 9.38. The minimum atomic E-state index is -0.698. The van der Waals surface area contributed by atoms with Gasteiger partial charge in [-0.05, 0) is 43.5 Å². The summed E-state index contributed by atoms with van der Waals surface area (Å²) in [5.74, 6) is 0.692. The van der Waals surface area contributed by atoms with E-state index in [1.54, 1.807) is 25.3 Å². The molecule has 31 heavy (non-hydrogen) atoms. The van der Waals surface area contributed by atoms with Crippen molar-refractivity contribution in [1.82, 2.24) is 4.90 Å². The van der Waals surface area contributed by atoms with Crippen LogP contribution < -0.4 is 10.1 Å². The maximum Gasteiger partial charge on any atom is 0.238 e. The summed E-state index contributed by atoms with van der Waals surface area (Å²) in [6.45, 7) is 0.839. The summed E-state index contributed by atoms with van der Waals surface area (Å²) >= 11 is 12.2. The summed E-state index contributed by atoms with van der Waals surface area (Å²) in [6, 6.07) is 12.8. The number of carbonyl (C=O) groups is 1. The zero-order chi connectivity index (χ0) is 22.0. The van der Waals surface area contributed by atoms with Crippen molar-refractivity contribution in [3.63, 3.8) is 0 Å². The Bertz CT molecular complexity index is 954. The van der Waals surface area contributed by atoms with E-state index in [4.69, 9.17) is 27.9 Å². The smallest absolute Gasteiger partial charge is 0.238 e. The molecule has 1 amide bonds. The van der Waals surface area contributed by atoms with Gasteiger partial charge >= 0.3 is 0 Å². The average molecular weight is 463 g/mol. The van der Waals surface area contributed by atoms with Crippen molar-refractivity contribution in [2.75, 3.05) is 25.5 Å². The van der Waals surface area contributed by atoms with Crippen LogP contribution in [-0.2, 0) is 4.79 Å². The topological polar surface area (TPSA) is 61.8 Å². The number of anilines is 1. The standard InChI is InChI=1S/C24H28Cl2N2O3/c1-31-21-8-3-2-6-17(21)23-18-7-4-5-11-24(18,30)12-13-28(23)15-22(29)27-20-10-9-16(25)14-19(20)26/h2-3,6,8-10,14,18,23,30H,4-5,7,11-13,15H2,1H3,(H,27,29)/t18-,23-,24-/m0/s1. The highest BCUT2D eigenvalue weighted by Gasteiger charge is 2.49. The van der Waals surface area contributed by atoms with Gasteiger partial charge in [0.05, 0.1) is 30.0 Å². The van der Waals surface area contributed by atoms with E-state index in [-0.39, 0.29) is 24.4 Å². The molecule has 4 rings (SSSR count). The number of aliphatic hydroxyl groups is 1. The number of carbonyl (C=O) groups excluding carboxylic acids is 1. The molecule has 3 atom stereocenters. The maximum atomic E-state index is 13.0. The molecule has 1 aliphatic carbocycles. The van der Waals surface area contributed by atoms with Gasteiger partial charge in [-0.15, -0.1) is 0 Å². The monoisotopic (exact) mass is 462 g/mol. The van der Waals surface area contributed by atoms with Crippen LogP contribution in [0, 0.1) is 5.92 Å². The van der Waals surface area contributed by atoms with Gasteiger partial charge in [-0.2, -0.15) is 0 Å². The Morgan fingerprint density at radius 1 is 1.23 bits per heavy atom. The third-order valence-electron chi connectivity index (χ3n) is 6.68. The predicted molar refractivity (Wildman–Crippen MR) is 124 cm³/mol. The van der Waals surface area contributed by atoms with Crippen molar-refractivity contribution in [3.05, 3.63) is 58.1 Å². The Balaban J connectivity index is 1.61. The first-order valence-corrected chi connectivity index (χ1v) is 11.5. The lowest BCUT2D eigenvalue weighted by Crippen LogP contribution is -2.56. The fraction of sp³-hybridized carbons (Fsp3) is 0.458. The van der Waals surface area contributed by atoms with E-state index in [1.165, 1.54) is 0 Å². The van der Waals surface area contributed by atoms with Gasteiger partial charge in [0.1, 0.15) is 5.75 Å². The van der Waals surface area contributed by atoms with Gasteiger partial charge in [0, 0.05) is 29.1 Å². The number of hydrogen-bond donors (Lipinski definition) is 2. The highest BCUT2D eigenvalue weighted by atomic mass is 35.5. The lowest BCUT2D eigenvalue weighted by Gasteiger charge is -2.52. The van der Waals surface area contributed by atoms with Crippen molar-refractivity contribution in [2.45, 2.75) is 43.7 Å². The van der Waals surface area contributed by atoms with E-state index in [9.17, 15) is 9.90 Å². The van der Waals surface area contributed by atoms with Crippen LogP contribution in [0.1, 0.15) is 43.7 Å². The molecule has 0 unspecified atom stereocenters. The van der Waals surface area contributed by atoms with E-state index < -0.39 is 5.60 Å². The summed E-state index contributed by atoms with van der Waals surface area (Å²) in [5, 5.41) is 15.3. The van der Waals surface area contributed by atoms with E-state index in [0.717, 1.165) is 37.0 Å². The number of likely N-dealkylation sites (tertiary alicyclic amines) is 1. The van der Waals surface area contributed by atoms with Crippen LogP contribution in [0.2, 0.25) is 10.0 Å². The number of methoxy groups -OCH3 is 1. The van der Waals surface area contributed by atoms with Gasteiger partial charge in [-0.3, -0.25) is 9.69 Å². The Labute approximate surface area is 193 Å². The molecule has 0 spiro atoms. The molecule has 0 radical (unpaired) electrons. The molecule has 1 saturated carbocycles. The number of nitrogens with one attached hydrogen (secondary N) is 1. The molecule has 2 aliphatic rings.